The van der Waals surface area contributed by atoms with Gasteiger partial charge in [0.15, 0.2) is 0 Å². The van der Waals surface area contributed by atoms with Gasteiger partial charge in [0.05, 0.1) is 16.6 Å². The Hall–Kier alpha value is -2.24. The van der Waals surface area contributed by atoms with Gasteiger partial charge in [0.2, 0.25) is 11.8 Å². The first kappa shape index (κ1) is 27.3. The molecule has 1 saturated carbocycles. The lowest BCUT2D eigenvalue weighted by Gasteiger charge is -2.32. The highest BCUT2D eigenvalue weighted by atomic mass is 35.5. The SMILES string of the molecule is O=C(O)[C@@H]1[C@@H](C(=O)N(CC2CC2)c2cc(Cl)cc(Cl)c2)[C@@H](C(F)(F)F)NC12C(=O)Nc1c(Cl)cc(Cl)cc12. The summed E-state index contributed by atoms with van der Waals surface area (Å²) in [5.74, 6) is -8.41. The number of nitrogens with one attached hydrogen (secondary N) is 2. The molecule has 3 aliphatic rings. The minimum atomic E-state index is -5.11. The summed E-state index contributed by atoms with van der Waals surface area (Å²) in [4.78, 5) is 41.2. The van der Waals surface area contributed by atoms with Crippen LogP contribution in [-0.4, -0.2) is 41.7 Å². The zero-order chi connectivity index (χ0) is 27.7. The smallest absolute Gasteiger partial charge is 0.404 e. The van der Waals surface area contributed by atoms with E-state index >= 15 is 0 Å². The number of hydrogen-bond acceptors (Lipinski definition) is 4. The van der Waals surface area contributed by atoms with E-state index in [0.29, 0.717) is 0 Å². The van der Waals surface area contributed by atoms with Gasteiger partial charge in [0.1, 0.15) is 17.5 Å². The van der Waals surface area contributed by atoms with Crippen LogP contribution in [0, 0.1) is 17.8 Å². The zero-order valence-electron chi connectivity index (χ0n) is 19.1. The number of aliphatic carboxylic acids is 1. The minimum Gasteiger partial charge on any atom is -0.481 e. The molecule has 1 unspecified atom stereocenters. The largest absolute Gasteiger partial charge is 0.481 e. The summed E-state index contributed by atoms with van der Waals surface area (Å²) in [6.45, 7) is 0.0242. The Morgan fingerprint density at radius 2 is 1.63 bits per heavy atom. The van der Waals surface area contributed by atoms with Gasteiger partial charge in [-0.1, -0.05) is 46.4 Å². The topological polar surface area (TPSA) is 98.7 Å². The molecule has 0 radical (unpaired) electrons. The van der Waals surface area contributed by atoms with Gasteiger partial charge in [-0.25, -0.2) is 0 Å². The molecular weight excluding hydrogens is 593 g/mol. The first-order valence-corrected chi connectivity index (χ1v) is 12.9. The van der Waals surface area contributed by atoms with Crippen molar-refractivity contribution >= 4 is 75.6 Å². The summed E-state index contributed by atoms with van der Waals surface area (Å²) in [6.07, 6.45) is -3.63. The summed E-state index contributed by atoms with van der Waals surface area (Å²) in [5.41, 5.74) is -2.62. The molecule has 0 bridgehead atoms. The second-order valence-electron chi connectivity index (χ2n) is 9.60. The molecule has 2 fully saturated rings. The van der Waals surface area contributed by atoms with Crippen molar-refractivity contribution in [3.05, 3.63) is 56.0 Å². The van der Waals surface area contributed by atoms with Crippen LogP contribution in [0.4, 0.5) is 24.5 Å². The first-order valence-electron chi connectivity index (χ1n) is 11.4. The quantitative estimate of drug-likeness (QED) is 0.401. The number of carboxylic acid groups (broad SMARTS) is 1. The number of amides is 2. The van der Waals surface area contributed by atoms with Crippen molar-refractivity contribution in [2.75, 3.05) is 16.8 Å². The van der Waals surface area contributed by atoms with E-state index in [4.69, 9.17) is 46.4 Å². The van der Waals surface area contributed by atoms with Crippen molar-refractivity contribution in [3.8, 4) is 0 Å². The van der Waals surface area contributed by atoms with Crippen LogP contribution < -0.4 is 15.5 Å². The zero-order valence-corrected chi connectivity index (χ0v) is 22.1. The highest BCUT2D eigenvalue weighted by Gasteiger charge is 2.71. The van der Waals surface area contributed by atoms with E-state index in [-0.39, 0.29) is 49.5 Å². The van der Waals surface area contributed by atoms with Gasteiger partial charge in [-0.05, 0) is 49.1 Å². The maximum absolute atomic E-state index is 14.5. The van der Waals surface area contributed by atoms with Gasteiger partial charge >= 0.3 is 12.1 Å². The lowest BCUT2D eigenvalue weighted by molar-refractivity contribution is -0.169. The highest BCUT2D eigenvalue weighted by Crippen LogP contribution is 2.54. The molecule has 3 N–H and O–H groups in total. The van der Waals surface area contributed by atoms with Gasteiger partial charge in [-0.2, -0.15) is 13.2 Å². The molecule has 0 aromatic heterocycles. The monoisotopic (exact) mass is 609 g/mol. The summed E-state index contributed by atoms with van der Waals surface area (Å²) < 4.78 is 43.6. The summed E-state index contributed by atoms with van der Waals surface area (Å²) in [5, 5.41) is 15.0. The summed E-state index contributed by atoms with van der Waals surface area (Å²) >= 11 is 24.5. The lowest BCUT2D eigenvalue weighted by atomic mass is 9.74. The van der Waals surface area contributed by atoms with Crippen molar-refractivity contribution in [2.45, 2.75) is 30.6 Å². The molecule has 2 heterocycles. The number of alkyl halides is 3. The molecule has 14 heteroatoms. The van der Waals surface area contributed by atoms with Gasteiger partial charge in [0, 0.05) is 32.9 Å². The Bertz CT molecular complexity index is 1350. The molecule has 38 heavy (non-hydrogen) atoms. The van der Waals surface area contributed by atoms with Crippen LogP contribution in [0.2, 0.25) is 20.1 Å². The Balaban J connectivity index is 1.69. The van der Waals surface area contributed by atoms with Crippen LogP contribution in [0.25, 0.3) is 0 Å². The van der Waals surface area contributed by atoms with E-state index < -0.39 is 47.4 Å². The number of carbonyl (C=O) groups excluding carboxylic acids is 2. The molecule has 202 valence electrons. The third kappa shape index (κ3) is 4.50. The fraction of sp³-hybridized carbons (Fsp3) is 0.375. The number of hydrogen-bond donors (Lipinski definition) is 3. The van der Waals surface area contributed by atoms with Gasteiger partial charge in [-0.15, -0.1) is 0 Å². The normalized spacial score (nSPS) is 26.4. The van der Waals surface area contributed by atoms with Crippen molar-refractivity contribution in [1.29, 1.82) is 0 Å². The van der Waals surface area contributed by atoms with Gasteiger partial charge < -0.3 is 15.3 Å². The molecule has 1 spiro atoms. The van der Waals surface area contributed by atoms with E-state index in [0.717, 1.165) is 17.7 Å². The van der Waals surface area contributed by atoms with Crippen LogP contribution in [-0.2, 0) is 19.9 Å². The van der Waals surface area contributed by atoms with E-state index in [1.807, 2.05) is 0 Å². The van der Waals surface area contributed by atoms with Crippen LogP contribution in [0.5, 0.6) is 0 Å². The lowest BCUT2D eigenvalue weighted by Crippen LogP contribution is -2.53. The first-order chi connectivity index (χ1) is 17.7. The Morgan fingerprint density at radius 1 is 1.03 bits per heavy atom. The standard InChI is InChI=1S/C24H18Cl4F3N3O4/c25-10-3-11(26)5-13(4-10)34(8-9-1-2-9)20(35)16-17(21(36)37)23(33-19(16)24(29,30)31)14-6-12(27)7-15(28)18(14)32-22(23)38/h3-7,9,16-17,19,33H,1-2,8H2,(H,32,38)(H,36,37)/t16-,17+,19+,23?/m1/s1. The number of rotatable bonds is 5. The predicted molar refractivity (Wildman–Crippen MR) is 136 cm³/mol. The summed E-state index contributed by atoms with van der Waals surface area (Å²) in [6, 6.07) is 3.85. The summed E-state index contributed by atoms with van der Waals surface area (Å²) in [7, 11) is 0. The van der Waals surface area contributed by atoms with Crippen LogP contribution in [0.3, 0.4) is 0 Å². The Kier molecular flexibility index (Phi) is 6.79. The number of nitrogens with zero attached hydrogens (tertiary/aromatic N) is 1. The fourth-order valence-electron chi connectivity index (χ4n) is 5.35. The number of benzene rings is 2. The Morgan fingerprint density at radius 3 is 2.18 bits per heavy atom. The fourth-order valence-corrected chi connectivity index (χ4v) is 6.41. The van der Waals surface area contributed by atoms with Crippen molar-refractivity contribution in [3.63, 3.8) is 0 Å². The average molecular weight is 611 g/mol. The number of fused-ring (bicyclic) bond motifs is 2. The van der Waals surface area contributed by atoms with Crippen LogP contribution in [0.15, 0.2) is 30.3 Å². The highest BCUT2D eigenvalue weighted by molar-refractivity contribution is 6.38. The van der Waals surface area contributed by atoms with E-state index in [9.17, 15) is 32.7 Å². The van der Waals surface area contributed by atoms with E-state index in [1.165, 1.54) is 30.3 Å². The molecule has 2 aromatic rings. The van der Waals surface area contributed by atoms with Gasteiger partial charge in [-0.3, -0.25) is 19.7 Å². The third-order valence-corrected chi connectivity index (χ3v) is 8.06. The molecule has 4 atom stereocenters. The molecule has 2 aliphatic heterocycles. The van der Waals surface area contributed by atoms with E-state index in [2.05, 4.69) is 10.6 Å². The average Bonchev–Trinajstić information content (AvgIpc) is 3.47. The number of halogens is 7. The predicted octanol–water partition coefficient (Wildman–Crippen LogP) is 5.74. The molecule has 2 aromatic carbocycles. The number of carbonyl (C=O) groups is 3. The number of carboxylic acids is 1. The third-order valence-electron chi connectivity index (χ3n) is 7.11. The Labute approximate surface area is 234 Å². The molecular formula is C24H18Cl4F3N3O4. The number of anilines is 2. The molecule has 2 amide bonds. The maximum Gasteiger partial charge on any atom is 0.404 e. The molecule has 1 saturated heterocycles. The van der Waals surface area contributed by atoms with Crippen molar-refractivity contribution < 1.29 is 32.7 Å². The van der Waals surface area contributed by atoms with Crippen LogP contribution in [0.1, 0.15) is 18.4 Å². The van der Waals surface area contributed by atoms with Gasteiger partial charge in [0.25, 0.3) is 0 Å². The van der Waals surface area contributed by atoms with Crippen molar-refractivity contribution in [1.82, 2.24) is 5.32 Å². The second-order valence-corrected chi connectivity index (χ2v) is 11.3. The molecule has 1 aliphatic carbocycles. The van der Waals surface area contributed by atoms with Crippen molar-refractivity contribution in [2.24, 2.45) is 17.8 Å². The minimum absolute atomic E-state index is 0.000706. The van der Waals surface area contributed by atoms with Crippen LogP contribution >= 0.6 is 46.4 Å². The molecule has 7 nitrogen and oxygen atoms in total. The van der Waals surface area contributed by atoms with E-state index in [1.54, 1.807) is 0 Å². The maximum atomic E-state index is 14.5. The molecule has 5 rings (SSSR count). The second kappa shape index (κ2) is 9.45.